The maximum Gasteiger partial charge on any atom is 0.254 e. The van der Waals surface area contributed by atoms with Crippen molar-refractivity contribution in [2.75, 3.05) is 39.8 Å². The fraction of sp³-hybridized carbons (Fsp3) is 0.533. The van der Waals surface area contributed by atoms with Crippen LogP contribution in [-0.2, 0) is 0 Å². The number of benzene rings is 1. The Morgan fingerprint density at radius 1 is 1.37 bits per heavy atom. The lowest BCUT2D eigenvalue weighted by Gasteiger charge is -2.19. The quantitative estimate of drug-likeness (QED) is 0.859. The molecule has 19 heavy (non-hydrogen) atoms. The molecule has 1 aliphatic rings. The Morgan fingerprint density at radius 2 is 2.21 bits per heavy atom. The number of hydrogen-bond donors (Lipinski definition) is 1. The van der Waals surface area contributed by atoms with Crippen molar-refractivity contribution in [2.24, 2.45) is 0 Å². The summed E-state index contributed by atoms with van der Waals surface area (Å²) in [5.41, 5.74) is 0.727. The zero-order valence-electron chi connectivity index (χ0n) is 11.8. The standard InChI is InChI=1S/C15H22N2O2/c1-3-19-14-7-4-6-13(12-14)15(18)17-9-5-8-16(2)10-11-17/h4,6-7,12H,3,5,8-11H2,1-2H3/p+1. The predicted octanol–water partition coefficient (Wildman–Crippen LogP) is 0.446. The molecule has 1 atom stereocenters. The van der Waals surface area contributed by atoms with Crippen molar-refractivity contribution in [1.29, 1.82) is 0 Å². The van der Waals surface area contributed by atoms with Gasteiger partial charge in [-0.1, -0.05) is 6.07 Å². The van der Waals surface area contributed by atoms with E-state index in [1.165, 1.54) is 4.90 Å². The van der Waals surface area contributed by atoms with Crippen LogP contribution >= 0.6 is 0 Å². The number of likely N-dealkylation sites (N-methyl/N-ethyl adjacent to an activating group) is 1. The van der Waals surface area contributed by atoms with Gasteiger partial charge >= 0.3 is 0 Å². The zero-order valence-corrected chi connectivity index (χ0v) is 11.8. The van der Waals surface area contributed by atoms with Crippen LogP contribution in [0.15, 0.2) is 24.3 Å². The van der Waals surface area contributed by atoms with Crippen LogP contribution in [0.3, 0.4) is 0 Å². The van der Waals surface area contributed by atoms with Gasteiger partial charge in [0.05, 0.1) is 33.3 Å². The number of rotatable bonds is 3. The first-order chi connectivity index (χ1) is 9.20. The molecule has 104 valence electrons. The molecule has 1 heterocycles. The van der Waals surface area contributed by atoms with Gasteiger partial charge < -0.3 is 14.5 Å². The van der Waals surface area contributed by atoms with Crippen LogP contribution in [0.4, 0.5) is 0 Å². The Morgan fingerprint density at radius 3 is 3.00 bits per heavy atom. The highest BCUT2D eigenvalue weighted by Crippen LogP contribution is 2.15. The molecular weight excluding hydrogens is 240 g/mol. The van der Waals surface area contributed by atoms with Crippen LogP contribution in [0.5, 0.6) is 5.75 Å². The lowest BCUT2D eigenvalue weighted by Crippen LogP contribution is -3.09. The second-order valence-electron chi connectivity index (χ2n) is 5.06. The Labute approximate surface area is 115 Å². The number of ether oxygens (including phenoxy) is 1. The van der Waals surface area contributed by atoms with Crippen molar-refractivity contribution in [3.63, 3.8) is 0 Å². The molecule has 1 aliphatic heterocycles. The molecule has 0 radical (unpaired) electrons. The highest BCUT2D eigenvalue weighted by Gasteiger charge is 2.20. The third-order valence-electron chi connectivity index (χ3n) is 3.52. The van der Waals surface area contributed by atoms with Crippen LogP contribution in [0.2, 0.25) is 0 Å². The third-order valence-corrected chi connectivity index (χ3v) is 3.52. The molecule has 1 N–H and O–H groups in total. The number of nitrogens with zero attached hydrogens (tertiary/aromatic N) is 1. The van der Waals surface area contributed by atoms with Gasteiger partial charge in [0.25, 0.3) is 5.91 Å². The van der Waals surface area contributed by atoms with E-state index in [1.807, 2.05) is 36.1 Å². The average Bonchev–Trinajstić information content (AvgIpc) is 2.63. The molecule has 0 bridgehead atoms. The van der Waals surface area contributed by atoms with Crippen molar-refractivity contribution < 1.29 is 14.4 Å². The van der Waals surface area contributed by atoms with E-state index in [-0.39, 0.29) is 5.91 Å². The molecule has 4 heteroatoms. The number of quaternary nitrogens is 1. The Kier molecular flexibility index (Phi) is 4.80. The smallest absolute Gasteiger partial charge is 0.254 e. The first-order valence-electron chi connectivity index (χ1n) is 7.04. The maximum absolute atomic E-state index is 12.5. The van der Waals surface area contributed by atoms with Crippen LogP contribution in [0.1, 0.15) is 23.7 Å². The third kappa shape index (κ3) is 3.70. The number of hydrogen-bond acceptors (Lipinski definition) is 2. The van der Waals surface area contributed by atoms with Crippen molar-refractivity contribution in [3.8, 4) is 5.75 Å². The molecule has 1 amide bonds. The van der Waals surface area contributed by atoms with E-state index in [0.29, 0.717) is 6.61 Å². The predicted molar refractivity (Wildman–Crippen MR) is 74.8 cm³/mol. The summed E-state index contributed by atoms with van der Waals surface area (Å²) in [6, 6.07) is 7.48. The van der Waals surface area contributed by atoms with Gasteiger partial charge in [-0.15, -0.1) is 0 Å². The van der Waals surface area contributed by atoms with Gasteiger partial charge in [-0.25, -0.2) is 0 Å². The number of carbonyl (C=O) groups excluding carboxylic acids is 1. The highest BCUT2D eigenvalue weighted by atomic mass is 16.5. The molecular formula is C15H23N2O2+. The van der Waals surface area contributed by atoms with Gasteiger partial charge in [0.15, 0.2) is 0 Å². The summed E-state index contributed by atoms with van der Waals surface area (Å²) in [5, 5.41) is 0. The minimum absolute atomic E-state index is 0.122. The van der Waals surface area contributed by atoms with E-state index >= 15 is 0 Å². The minimum atomic E-state index is 0.122. The normalized spacial score (nSPS) is 19.9. The molecule has 1 unspecified atom stereocenters. The minimum Gasteiger partial charge on any atom is -0.494 e. The Balaban J connectivity index is 2.07. The van der Waals surface area contributed by atoms with Gasteiger partial charge in [-0.05, 0) is 25.1 Å². The maximum atomic E-state index is 12.5. The van der Waals surface area contributed by atoms with Crippen LogP contribution < -0.4 is 9.64 Å². The molecule has 1 aromatic rings. The summed E-state index contributed by atoms with van der Waals surface area (Å²) in [4.78, 5) is 15.9. The van der Waals surface area contributed by atoms with Gasteiger partial charge in [0, 0.05) is 18.5 Å². The SMILES string of the molecule is CCOc1cccc(C(=O)N2CCC[NH+](C)CC2)c1. The number of carbonyl (C=O) groups is 1. The highest BCUT2D eigenvalue weighted by molar-refractivity contribution is 5.94. The van der Waals surface area contributed by atoms with E-state index in [0.717, 1.165) is 43.9 Å². The van der Waals surface area contributed by atoms with Gasteiger partial charge in [-0.3, -0.25) is 4.79 Å². The van der Waals surface area contributed by atoms with E-state index in [2.05, 4.69) is 7.05 Å². The fourth-order valence-corrected chi connectivity index (χ4v) is 2.41. The van der Waals surface area contributed by atoms with Crippen molar-refractivity contribution in [3.05, 3.63) is 29.8 Å². The number of nitrogens with one attached hydrogen (secondary N) is 1. The molecule has 2 rings (SSSR count). The van der Waals surface area contributed by atoms with E-state index < -0.39 is 0 Å². The van der Waals surface area contributed by atoms with Crippen molar-refractivity contribution in [1.82, 2.24) is 4.90 Å². The largest absolute Gasteiger partial charge is 0.494 e. The lowest BCUT2D eigenvalue weighted by atomic mass is 10.2. The monoisotopic (exact) mass is 263 g/mol. The van der Waals surface area contributed by atoms with Gasteiger partial charge in [0.2, 0.25) is 0 Å². The molecule has 1 aromatic carbocycles. The molecule has 4 nitrogen and oxygen atoms in total. The number of amides is 1. The first-order valence-corrected chi connectivity index (χ1v) is 7.04. The Hall–Kier alpha value is -1.55. The van der Waals surface area contributed by atoms with Crippen LogP contribution in [0, 0.1) is 0 Å². The summed E-state index contributed by atoms with van der Waals surface area (Å²) in [7, 11) is 2.18. The van der Waals surface area contributed by atoms with Crippen molar-refractivity contribution >= 4 is 5.91 Å². The van der Waals surface area contributed by atoms with Gasteiger partial charge in [0.1, 0.15) is 5.75 Å². The molecule has 0 saturated carbocycles. The topological polar surface area (TPSA) is 34.0 Å². The molecule has 0 spiro atoms. The lowest BCUT2D eigenvalue weighted by molar-refractivity contribution is -0.877. The second kappa shape index (κ2) is 6.57. The Bertz CT molecular complexity index is 434. The summed E-state index contributed by atoms with van der Waals surface area (Å²) in [6.45, 7) is 6.43. The molecule has 1 saturated heterocycles. The fourth-order valence-electron chi connectivity index (χ4n) is 2.41. The van der Waals surface area contributed by atoms with E-state index in [9.17, 15) is 4.79 Å². The molecule has 0 aromatic heterocycles. The zero-order chi connectivity index (χ0) is 13.7. The van der Waals surface area contributed by atoms with E-state index in [1.54, 1.807) is 0 Å². The second-order valence-corrected chi connectivity index (χ2v) is 5.06. The average molecular weight is 263 g/mol. The molecule has 0 aliphatic carbocycles. The summed E-state index contributed by atoms with van der Waals surface area (Å²) in [6.07, 6.45) is 1.07. The van der Waals surface area contributed by atoms with Crippen molar-refractivity contribution in [2.45, 2.75) is 13.3 Å². The van der Waals surface area contributed by atoms with E-state index in [4.69, 9.17) is 4.74 Å². The summed E-state index contributed by atoms with van der Waals surface area (Å²) < 4.78 is 5.45. The van der Waals surface area contributed by atoms with Crippen LogP contribution in [0.25, 0.3) is 0 Å². The molecule has 1 fully saturated rings. The summed E-state index contributed by atoms with van der Waals surface area (Å²) >= 11 is 0. The summed E-state index contributed by atoms with van der Waals surface area (Å²) in [5.74, 6) is 0.891. The first kappa shape index (κ1) is 13.9. The van der Waals surface area contributed by atoms with Gasteiger partial charge in [-0.2, -0.15) is 0 Å². The van der Waals surface area contributed by atoms with Crippen LogP contribution in [-0.4, -0.2) is 50.6 Å².